The van der Waals surface area contributed by atoms with Crippen LogP contribution in [0.4, 0.5) is 0 Å². The molecule has 0 fully saturated rings. The molecule has 0 radical (unpaired) electrons. The molecule has 0 atom stereocenters. The van der Waals surface area contributed by atoms with E-state index >= 15 is 0 Å². The molecule has 0 saturated carbocycles. The lowest BCUT2D eigenvalue weighted by Gasteiger charge is -2.04. The Morgan fingerprint density at radius 1 is 1.42 bits per heavy atom. The van der Waals surface area contributed by atoms with Gasteiger partial charge in [0.25, 0.3) is 0 Å². The Balaban J connectivity index is 0. The quantitative estimate of drug-likeness (QED) is 0.331. The summed E-state index contributed by atoms with van der Waals surface area (Å²) in [7, 11) is 0. The van der Waals surface area contributed by atoms with Gasteiger partial charge in [-0.1, -0.05) is 33.1 Å². The van der Waals surface area contributed by atoms with E-state index in [9.17, 15) is 0 Å². The van der Waals surface area contributed by atoms with Gasteiger partial charge in [0.2, 0.25) is 0 Å². The van der Waals surface area contributed by atoms with Crippen LogP contribution in [0.3, 0.4) is 0 Å². The topological polar surface area (TPSA) is 44.3 Å². The van der Waals surface area contributed by atoms with Gasteiger partial charge in [-0.05, 0) is 12.2 Å². The van der Waals surface area contributed by atoms with E-state index in [2.05, 4.69) is 24.0 Å². The van der Waals surface area contributed by atoms with E-state index in [0.717, 1.165) is 5.70 Å². The molecule has 0 heterocycles. The van der Waals surface area contributed by atoms with Gasteiger partial charge in [-0.25, -0.2) is 5.43 Å². The second-order valence-corrected chi connectivity index (χ2v) is 1.52. The smallest absolute Gasteiger partial charge is 0.110 e. The van der Waals surface area contributed by atoms with Crippen molar-refractivity contribution in [1.82, 2.24) is 10.9 Å². The minimum atomic E-state index is -0.123. The van der Waals surface area contributed by atoms with E-state index < -0.39 is 0 Å². The summed E-state index contributed by atoms with van der Waals surface area (Å²) >= 11 is 0. The zero-order valence-corrected chi connectivity index (χ0v) is 7.80. The molecule has 0 saturated heterocycles. The Morgan fingerprint density at radius 2 is 2.00 bits per heavy atom. The molecule has 0 spiro atoms. The van der Waals surface area contributed by atoms with Crippen LogP contribution in [0.1, 0.15) is 13.8 Å². The molecule has 3 nitrogen and oxygen atoms in total. The van der Waals surface area contributed by atoms with Crippen molar-refractivity contribution >= 4 is 0 Å². The molecule has 0 aromatic rings. The van der Waals surface area contributed by atoms with Crippen LogP contribution in [-0.2, 0) is 0 Å². The van der Waals surface area contributed by atoms with Gasteiger partial charge >= 0.3 is 0 Å². The lowest BCUT2D eigenvalue weighted by molar-refractivity contribution is 0.247. The largest absolute Gasteiger partial charge is 0.380 e. The predicted molar refractivity (Wildman–Crippen MR) is 53.2 cm³/mol. The summed E-state index contributed by atoms with van der Waals surface area (Å²) in [5, 5.41) is 8.32. The molecule has 0 aliphatic carbocycles. The van der Waals surface area contributed by atoms with Crippen molar-refractivity contribution in [2.24, 2.45) is 0 Å². The molecule has 0 aromatic carbocycles. The summed E-state index contributed by atoms with van der Waals surface area (Å²) < 4.78 is 0. The summed E-state index contributed by atoms with van der Waals surface area (Å²) in [5.74, 6) is 0. The van der Waals surface area contributed by atoms with Gasteiger partial charge in [0, 0.05) is 5.70 Å². The minimum absolute atomic E-state index is 0.123. The highest BCUT2D eigenvalue weighted by molar-refractivity contribution is 5.18. The predicted octanol–water partition coefficient (Wildman–Crippen LogP) is 1.31. The fourth-order valence-electron chi connectivity index (χ4n) is 0.429. The second kappa shape index (κ2) is 12.6. The summed E-state index contributed by atoms with van der Waals surface area (Å²) in [6, 6.07) is 0. The average Bonchev–Trinajstić information content (AvgIpc) is 2.15. The molecule has 0 bridgehead atoms. The molecule has 0 aliphatic heterocycles. The summed E-state index contributed by atoms with van der Waals surface area (Å²) in [6.45, 7) is 10.9. The summed E-state index contributed by atoms with van der Waals surface area (Å²) in [5.41, 5.74) is 5.96. The zero-order chi connectivity index (χ0) is 9.82. The lowest BCUT2D eigenvalue weighted by atomic mass is 10.4. The Hall–Kier alpha value is -1.06. The van der Waals surface area contributed by atoms with Crippen LogP contribution in [0.5, 0.6) is 0 Å². The Bertz CT molecular complexity index is 141. The Kier molecular flexibility index (Phi) is 14.2. The maximum absolute atomic E-state index is 8.32. The number of rotatable bonds is 5. The third-order valence-electron chi connectivity index (χ3n) is 0.829. The third kappa shape index (κ3) is 8.94. The highest BCUT2D eigenvalue weighted by Crippen LogP contribution is 1.86. The van der Waals surface area contributed by atoms with E-state index in [0.29, 0.717) is 0 Å². The van der Waals surface area contributed by atoms with Crippen molar-refractivity contribution in [3.05, 3.63) is 37.1 Å². The fourth-order valence-corrected chi connectivity index (χ4v) is 0.429. The molecular weight excluding hydrogens is 152 g/mol. The van der Waals surface area contributed by atoms with Crippen LogP contribution in [0.25, 0.3) is 0 Å². The second-order valence-electron chi connectivity index (χ2n) is 1.52. The van der Waals surface area contributed by atoms with Gasteiger partial charge < -0.3 is 10.5 Å². The maximum Gasteiger partial charge on any atom is 0.110 e. The Morgan fingerprint density at radius 3 is 2.33 bits per heavy atom. The first kappa shape index (κ1) is 13.5. The fraction of sp³-hybridized carbons (Fsp3) is 0.333. The minimum Gasteiger partial charge on any atom is -0.380 e. The van der Waals surface area contributed by atoms with E-state index in [1.807, 2.05) is 13.8 Å². The number of nitrogens with one attached hydrogen (secondary N) is 2. The highest BCUT2D eigenvalue weighted by atomic mass is 16.3. The average molecular weight is 170 g/mol. The first-order valence-corrected chi connectivity index (χ1v) is 3.90. The van der Waals surface area contributed by atoms with Gasteiger partial charge in [-0.2, -0.15) is 0 Å². The number of hydrazine groups is 1. The van der Waals surface area contributed by atoms with Crippen molar-refractivity contribution in [3.8, 4) is 0 Å². The monoisotopic (exact) mass is 170 g/mol. The van der Waals surface area contributed by atoms with Gasteiger partial charge in [0.1, 0.15) is 6.73 Å². The number of hydrogen-bond donors (Lipinski definition) is 3. The van der Waals surface area contributed by atoms with Crippen LogP contribution < -0.4 is 10.9 Å². The standard InChI is InChI=1S/C7H12N2O.C2H6/c1-3-5-7(4-2)9-8-6-10;1-2/h3-5,8-10H,1-2,6H2;1-2H3/b7-5+;. The van der Waals surface area contributed by atoms with Crippen LogP contribution in [-0.4, -0.2) is 11.8 Å². The van der Waals surface area contributed by atoms with Crippen molar-refractivity contribution in [2.75, 3.05) is 6.73 Å². The van der Waals surface area contributed by atoms with Gasteiger partial charge in [-0.3, -0.25) is 0 Å². The molecule has 3 N–H and O–H groups in total. The molecule has 0 unspecified atom stereocenters. The van der Waals surface area contributed by atoms with Gasteiger partial charge in [0.15, 0.2) is 0 Å². The SMILES string of the molecule is C=C/C=C(\C=C)NNCO.CC. The molecule has 12 heavy (non-hydrogen) atoms. The summed E-state index contributed by atoms with van der Waals surface area (Å²) in [4.78, 5) is 0. The third-order valence-corrected chi connectivity index (χ3v) is 0.829. The van der Waals surface area contributed by atoms with Crippen LogP contribution >= 0.6 is 0 Å². The lowest BCUT2D eigenvalue weighted by Crippen LogP contribution is -2.30. The maximum atomic E-state index is 8.32. The first-order chi connectivity index (χ1) is 5.85. The first-order valence-electron chi connectivity index (χ1n) is 3.90. The van der Waals surface area contributed by atoms with E-state index in [1.54, 1.807) is 18.2 Å². The normalized spacial score (nSPS) is 9.42. The van der Waals surface area contributed by atoms with Crippen molar-refractivity contribution < 1.29 is 5.11 Å². The molecule has 0 aliphatic rings. The number of allylic oxidation sites excluding steroid dienone is 3. The number of aliphatic hydroxyl groups excluding tert-OH is 1. The Labute approximate surface area is 74.5 Å². The van der Waals surface area contributed by atoms with Crippen LogP contribution in [0, 0.1) is 0 Å². The molecular formula is C9H18N2O. The molecule has 0 aromatic heterocycles. The van der Waals surface area contributed by atoms with Crippen molar-refractivity contribution in [2.45, 2.75) is 13.8 Å². The van der Waals surface area contributed by atoms with Gasteiger partial charge in [-0.15, -0.1) is 0 Å². The number of hydrogen-bond acceptors (Lipinski definition) is 3. The van der Waals surface area contributed by atoms with Crippen LogP contribution in [0.15, 0.2) is 37.1 Å². The van der Waals surface area contributed by atoms with Crippen molar-refractivity contribution in [3.63, 3.8) is 0 Å². The number of aliphatic hydroxyl groups is 1. The van der Waals surface area contributed by atoms with Crippen molar-refractivity contribution in [1.29, 1.82) is 0 Å². The zero-order valence-electron chi connectivity index (χ0n) is 7.80. The van der Waals surface area contributed by atoms with E-state index in [1.165, 1.54) is 0 Å². The van der Waals surface area contributed by atoms with Crippen LogP contribution in [0.2, 0.25) is 0 Å². The van der Waals surface area contributed by atoms with E-state index in [-0.39, 0.29) is 6.73 Å². The highest BCUT2D eigenvalue weighted by Gasteiger charge is 1.83. The summed E-state index contributed by atoms with van der Waals surface area (Å²) in [6.07, 6.45) is 4.98. The molecule has 0 amide bonds. The van der Waals surface area contributed by atoms with E-state index in [4.69, 9.17) is 5.11 Å². The molecule has 3 heteroatoms. The van der Waals surface area contributed by atoms with Gasteiger partial charge in [0.05, 0.1) is 0 Å². The molecule has 70 valence electrons. The molecule has 0 rings (SSSR count).